The molecule has 0 spiro atoms. The quantitative estimate of drug-likeness (QED) is 0.437. The van der Waals surface area contributed by atoms with Gasteiger partial charge in [0.25, 0.3) is 11.6 Å². The number of anilines is 1. The van der Waals surface area contributed by atoms with Crippen LogP contribution >= 0.6 is 22.9 Å². The third-order valence-corrected chi connectivity index (χ3v) is 4.64. The molecule has 2 heterocycles. The number of nitrogens with two attached hydrogens (primary N) is 1. The number of hydrogen-bond donors (Lipinski definition) is 1. The number of nitrogens with zero attached hydrogens (tertiary/aromatic N) is 2. The van der Waals surface area contributed by atoms with Gasteiger partial charge in [0, 0.05) is 17.1 Å². The lowest BCUT2D eigenvalue weighted by atomic mass is 10.2. The maximum Gasteiger partial charge on any atom is 0.299 e. The zero-order valence-electron chi connectivity index (χ0n) is 11.4. The summed E-state index contributed by atoms with van der Waals surface area (Å²) in [7, 11) is 0. The van der Waals surface area contributed by atoms with Crippen molar-refractivity contribution in [2.24, 2.45) is 0 Å². The molecule has 0 saturated heterocycles. The maximum atomic E-state index is 12.7. The van der Waals surface area contributed by atoms with Crippen LogP contribution in [0.3, 0.4) is 0 Å². The van der Waals surface area contributed by atoms with Crippen molar-refractivity contribution in [2.45, 2.75) is 6.92 Å². The van der Waals surface area contributed by atoms with Gasteiger partial charge in [0.15, 0.2) is 4.34 Å². The SMILES string of the molecule is Cc1cc2cccc(N)c2n1C(=O)c1cc([N+](=O)[O-])c(Cl)s1. The van der Waals surface area contributed by atoms with Gasteiger partial charge in [-0.1, -0.05) is 23.7 Å². The first-order chi connectivity index (χ1) is 10.4. The highest BCUT2D eigenvalue weighted by Gasteiger charge is 2.24. The molecule has 0 saturated carbocycles. The average Bonchev–Trinajstić information content (AvgIpc) is 2.99. The molecule has 1 aromatic carbocycles. The summed E-state index contributed by atoms with van der Waals surface area (Å²) in [6.45, 7) is 1.78. The topological polar surface area (TPSA) is 91.2 Å². The van der Waals surface area contributed by atoms with E-state index in [0.29, 0.717) is 16.9 Å². The summed E-state index contributed by atoms with van der Waals surface area (Å²) >= 11 is 6.71. The number of halogens is 1. The molecule has 0 aliphatic carbocycles. The van der Waals surface area contributed by atoms with Crippen molar-refractivity contribution in [3.63, 3.8) is 0 Å². The Morgan fingerprint density at radius 1 is 1.41 bits per heavy atom. The number of nitro groups is 1. The van der Waals surface area contributed by atoms with Crippen LogP contribution < -0.4 is 5.73 Å². The largest absolute Gasteiger partial charge is 0.397 e. The van der Waals surface area contributed by atoms with E-state index in [1.54, 1.807) is 19.1 Å². The fourth-order valence-electron chi connectivity index (χ4n) is 2.38. The van der Waals surface area contributed by atoms with Crippen molar-refractivity contribution in [3.05, 3.63) is 55.4 Å². The van der Waals surface area contributed by atoms with E-state index in [9.17, 15) is 14.9 Å². The molecule has 112 valence electrons. The van der Waals surface area contributed by atoms with Gasteiger partial charge in [-0.05, 0) is 19.1 Å². The van der Waals surface area contributed by atoms with Crippen LogP contribution in [-0.4, -0.2) is 15.4 Å². The summed E-state index contributed by atoms with van der Waals surface area (Å²) < 4.78 is 1.44. The van der Waals surface area contributed by atoms with Gasteiger partial charge >= 0.3 is 0 Å². The number of aromatic nitrogens is 1. The molecule has 0 aliphatic rings. The molecule has 0 bridgehead atoms. The number of nitrogen functional groups attached to an aromatic ring is 1. The van der Waals surface area contributed by atoms with Crippen molar-refractivity contribution < 1.29 is 9.72 Å². The molecule has 2 N–H and O–H groups in total. The molecule has 0 unspecified atom stereocenters. The number of para-hydroxylation sites is 1. The Hall–Kier alpha value is -2.38. The lowest BCUT2D eigenvalue weighted by Gasteiger charge is -2.06. The molecule has 8 heteroatoms. The van der Waals surface area contributed by atoms with Crippen LogP contribution in [0.5, 0.6) is 0 Å². The van der Waals surface area contributed by atoms with Crippen molar-refractivity contribution in [1.82, 2.24) is 4.57 Å². The molecular weight excluding hydrogens is 326 g/mol. The van der Waals surface area contributed by atoms with Crippen LogP contribution in [0.25, 0.3) is 10.9 Å². The van der Waals surface area contributed by atoms with E-state index in [2.05, 4.69) is 0 Å². The summed E-state index contributed by atoms with van der Waals surface area (Å²) in [5.74, 6) is -0.384. The summed E-state index contributed by atoms with van der Waals surface area (Å²) in [5, 5.41) is 11.7. The molecular formula is C14H10ClN3O3S. The Balaban J connectivity index is 2.19. The number of fused-ring (bicyclic) bond motifs is 1. The number of hydrogen-bond acceptors (Lipinski definition) is 5. The van der Waals surface area contributed by atoms with E-state index < -0.39 is 4.92 Å². The van der Waals surface area contributed by atoms with Crippen LogP contribution in [0, 0.1) is 17.0 Å². The molecule has 3 rings (SSSR count). The second kappa shape index (κ2) is 5.11. The summed E-state index contributed by atoms with van der Waals surface area (Å²) in [5.41, 5.74) is 7.46. The van der Waals surface area contributed by atoms with Crippen molar-refractivity contribution >= 4 is 51.1 Å². The predicted octanol–water partition coefficient (Wildman–Crippen LogP) is 3.84. The number of carbonyl (C=O) groups is 1. The zero-order chi connectivity index (χ0) is 16.0. The fourth-order valence-corrected chi connectivity index (χ4v) is 3.53. The monoisotopic (exact) mass is 335 g/mol. The maximum absolute atomic E-state index is 12.7. The number of benzene rings is 1. The van der Waals surface area contributed by atoms with E-state index in [0.717, 1.165) is 16.7 Å². The van der Waals surface area contributed by atoms with Crippen LogP contribution in [0.4, 0.5) is 11.4 Å². The van der Waals surface area contributed by atoms with E-state index >= 15 is 0 Å². The molecule has 0 atom stereocenters. The third-order valence-electron chi connectivity index (χ3n) is 3.32. The zero-order valence-corrected chi connectivity index (χ0v) is 12.9. The Kier molecular flexibility index (Phi) is 3.38. The highest BCUT2D eigenvalue weighted by molar-refractivity contribution is 7.18. The molecule has 3 aromatic rings. The highest BCUT2D eigenvalue weighted by atomic mass is 35.5. The Bertz CT molecular complexity index is 929. The van der Waals surface area contributed by atoms with Gasteiger partial charge < -0.3 is 5.73 Å². The van der Waals surface area contributed by atoms with Crippen LogP contribution in [0.1, 0.15) is 15.4 Å². The van der Waals surface area contributed by atoms with E-state index in [1.807, 2.05) is 12.1 Å². The minimum atomic E-state index is -0.607. The Morgan fingerprint density at radius 2 is 2.14 bits per heavy atom. The van der Waals surface area contributed by atoms with Gasteiger partial charge in [-0.2, -0.15) is 0 Å². The van der Waals surface area contributed by atoms with Gasteiger partial charge in [0.2, 0.25) is 0 Å². The summed E-state index contributed by atoms with van der Waals surface area (Å²) in [6, 6.07) is 8.40. The van der Waals surface area contributed by atoms with Gasteiger partial charge in [0.05, 0.1) is 16.1 Å². The minimum absolute atomic E-state index is 0.0181. The standard InChI is InChI=1S/C14H10ClN3O3S/c1-7-5-8-3-2-4-9(16)12(8)17(7)14(19)11-6-10(18(20)21)13(15)22-11/h2-6H,16H2,1H3. The van der Waals surface area contributed by atoms with Crippen LogP contribution in [-0.2, 0) is 0 Å². The lowest BCUT2D eigenvalue weighted by Crippen LogP contribution is -2.12. The van der Waals surface area contributed by atoms with E-state index in [1.165, 1.54) is 10.6 Å². The first-order valence-electron chi connectivity index (χ1n) is 6.25. The van der Waals surface area contributed by atoms with Crippen LogP contribution in [0.2, 0.25) is 4.34 Å². The highest BCUT2D eigenvalue weighted by Crippen LogP contribution is 2.35. The van der Waals surface area contributed by atoms with E-state index in [4.69, 9.17) is 17.3 Å². The molecule has 6 nitrogen and oxygen atoms in total. The van der Waals surface area contributed by atoms with Crippen molar-refractivity contribution in [2.75, 3.05) is 5.73 Å². The number of aryl methyl sites for hydroxylation is 1. The number of carbonyl (C=O) groups excluding carboxylic acids is 1. The minimum Gasteiger partial charge on any atom is -0.397 e. The smallest absolute Gasteiger partial charge is 0.299 e. The molecule has 2 aromatic heterocycles. The lowest BCUT2D eigenvalue weighted by molar-refractivity contribution is -0.384. The van der Waals surface area contributed by atoms with E-state index in [-0.39, 0.29) is 20.8 Å². The molecule has 0 aliphatic heterocycles. The van der Waals surface area contributed by atoms with Gasteiger partial charge in [-0.3, -0.25) is 19.5 Å². The Morgan fingerprint density at radius 3 is 2.77 bits per heavy atom. The average molecular weight is 336 g/mol. The molecule has 0 fully saturated rings. The van der Waals surface area contributed by atoms with Gasteiger partial charge in [-0.15, -0.1) is 11.3 Å². The van der Waals surface area contributed by atoms with Gasteiger partial charge in [-0.25, -0.2) is 0 Å². The summed E-state index contributed by atoms with van der Waals surface area (Å²) in [4.78, 5) is 23.2. The molecule has 0 amide bonds. The Labute approximate surface area is 133 Å². The molecule has 0 radical (unpaired) electrons. The molecule has 22 heavy (non-hydrogen) atoms. The number of rotatable bonds is 2. The summed E-state index contributed by atoms with van der Waals surface area (Å²) in [6.07, 6.45) is 0. The fraction of sp³-hybridized carbons (Fsp3) is 0.0714. The van der Waals surface area contributed by atoms with Crippen molar-refractivity contribution in [1.29, 1.82) is 0 Å². The van der Waals surface area contributed by atoms with Gasteiger partial charge in [0.1, 0.15) is 4.88 Å². The second-order valence-corrected chi connectivity index (χ2v) is 6.39. The van der Waals surface area contributed by atoms with Crippen molar-refractivity contribution in [3.8, 4) is 0 Å². The third kappa shape index (κ3) is 2.15. The predicted molar refractivity (Wildman–Crippen MR) is 86.8 cm³/mol. The first-order valence-corrected chi connectivity index (χ1v) is 7.44. The second-order valence-electron chi connectivity index (χ2n) is 4.74. The number of thiophene rings is 1. The normalized spacial score (nSPS) is 11.0. The first kappa shape index (κ1) is 14.6. The van der Waals surface area contributed by atoms with Crippen LogP contribution in [0.15, 0.2) is 30.3 Å².